The summed E-state index contributed by atoms with van der Waals surface area (Å²) in [6, 6.07) is 7.61. The molecule has 2 atom stereocenters. The Kier molecular flexibility index (Phi) is 4.89. The van der Waals surface area contributed by atoms with Gasteiger partial charge in [-0.15, -0.1) is 0 Å². The van der Waals surface area contributed by atoms with Gasteiger partial charge in [-0.3, -0.25) is 9.79 Å². The molecule has 1 aromatic heterocycles. The highest BCUT2D eigenvalue weighted by atomic mass is 35.5. The molecule has 5 nitrogen and oxygen atoms in total. The largest absolute Gasteiger partial charge is 0.378 e. The number of allylic oxidation sites excluding steroid dienone is 1. The Hall–Kier alpha value is -2.38. The number of amides is 1. The van der Waals surface area contributed by atoms with E-state index in [1.165, 1.54) is 36.2 Å². The second-order valence-corrected chi connectivity index (χ2v) is 8.48. The van der Waals surface area contributed by atoms with Crippen LogP contribution in [0.5, 0.6) is 0 Å². The van der Waals surface area contributed by atoms with E-state index in [0.29, 0.717) is 21.4 Å². The standard InChI is InChI=1S/C20H18ClFN4OS/c1-20(13-3-2-4-17(13)28-19(23)26-20)14-9-12(6-7-15(14)22)25-18(27)16-8-5-11(21)10-24-16/h4-10,13H,2-3H2,1H3,(H2,23,26)(H,25,27)/t13?,20-/m0/s1. The van der Waals surface area contributed by atoms with Crippen molar-refractivity contribution >= 4 is 40.1 Å². The van der Waals surface area contributed by atoms with E-state index in [1.807, 2.05) is 6.92 Å². The second-order valence-electron chi connectivity index (χ2n) is 6.95. The number of fused-ring (bicyclic) bond motifs is 1. The average molecular weight is 417 g/mol. The van der Waals surface area contributed by atoms with Crippen molar-refractivity contribution in [2.45, 2.75) is 25.3 Å². The number of halogens is 2. The van der Waals surface area contributed by atoms with E-state index in [4.69, 9.17) is 17.3 Å². The van der Waals surface area contributed by atoms with Gasteiger partial charge in [0.25, 0.3) is 5.91 Å². The van der Waals surface area contributed by atoms with E-state index in [0.717, 1.165) is 17.7 Å². The van der Waals surface area contributed by atoms with Crippen molar-refractivity contribution in [3.63, 3.8) is 0 Å². The van der Waals surface area contributed by atoms with Crippen LogP contribution in [0.1, 0.15) is 35.8 Å². The first-order chi connectivity index (χ1) is 13.4. The SMILES string of the molecule is C[C@]1(c2cc(NC(=O)c3ccc(Cl)cn3)ccc2F)N=C(N)SC2=CCCC21. The summed E-state index contributed by atoms with van der Waals surface area (Å²) in [6.07, 6.45) is 5.36. The van der Waals surface area contributed by atoms with Gasteiger partial charge in [-0.1, -0.05) is 29.4 Å². The van der Waals surface area contributed by atoms with Crippen molar-refractivity contribution in [3.05, 3.63) is 69.6 Å². The topological polar surface area (TPSA) is 80.4 Å². The predicted molar refractivity (Wildman–Crippen MR) is 111 cm³/mol. The Morgan fingerprint density at radius 3 is 2.96 bits per heavy atom. The third-order valence-electron chi connectivity index (χ3n) is 5.12. The van der Waals surface area contributed by atoms with E-state index >= 15 is 0 Å². The van der Waals surface area contributed by atoms with Gasteiger partial charge in [0.1, 0.15) is 11.5 Å². The summed E-state index contributed by atoms with van der Waals surface area (Å²) < 4.78 is 14.8. The van der Waals surface area contributed by atoms with Crippen molar-refractivity contribution in [1.82, 2.24) is 4.98 Å². The second kappa shape index (κ2) is 7.22. The number of hydrogen-bond donors (Lipinski definition) is 2. The van der Waals surface area contributed by atoms with E-state index in [2.05, 4.69) is 21.4 Å². The average Bonchev–Trinajstić information content (AvgIpc) is 3.13. The van der Waals surface area contributed by atoms with Gasteiger partial charge in [0, 0.05) is 23.4 Å². The van der Waals surface area contributed by atoms with Crippen molar-refractivity contribution in [2.75, 3.05) is 5.32 Å². The fourth-order valence-electron chi connectivity index (χ4n) is 3.74. The van der Waals surface area contributed by atoms with Crippen LogP contribution in [0.4, 0.5) is 10.1 Å². The fourth-order valence-corrected chi connectivity index (χ4v) is 5.02. The maximum atomic E-state index is 14.8. The van der Waals surface area contributed by atoms with E-state index in [1.54, 1.807) is 12.1 Å². The molecular formula is C20H18ClFN4OS. The molecule has 0 saturated heterocycles. The summed E-state index contributed by atoms with van der Waals surface area (Å²) in [5, 5.41) is 3.63. The molecule has 1 aromatic carbocycles. The highest BCUT2D eigenvalue weighted by Gasteiger charge is 2.44. The van der Waals surface area contributed by atoms with Gasteiger partial charge in [-0.05, 0) is 55.0 Å². The Morgan fingerprint density at radius 1 is 1.39 bits per heavy atom. The lowest BCUT2D eigenvalue weighted by Crippen LogP contribution is -2.36. The number of nitrogens with one attached hydrogen (secondary N) is 1. The van der Waals surface area contributed by atoms with Gasteiger partial charge in [0.05, 0.1) is 10.6 Å². The lowest BCUT2D eigenvalue weighted by atomic mass is 9.79. The van der Waals surface area contributed by atoms with E-state index < -0.39 is 11.4 Å². The van der Waals surface area contributed by atoms with Crippen LogP contribution in [0.25, 0.3) is 0 Å². The Balaban J connectivity index is 1.67. The number of nitrogens with two attached hydrogens (primary N) is 1. The smallest absolute Gasteiger partial charge is 0.274 e. The van der Waals surface area contributed by atoms with Crippen molar-refractivity contribution in [3.8, 4) is 0 Å². The van der Waals surface area contributed by atoms with E-state index in [9.17, 15) is 9.18 Å². The molecule has 1 unspecified atom stereocenters. The maximum absolute atomic E-state index is 14.8. The zero-order valence-corrected chi connectivity index (χ0v) is 16.6. The van der Waals surface area contributed by atoms with Crippen LogP contribution in [0, 0.1) is 11.7 Å². The number of nitrogens with zero attached hydrogens (tertiary/aromatic N) is 2. The predicted octanol–water partition coefficient (Wildman–Crippen LogP) is 4.70. The third-order valence-corrected chi connectivity index (χ3v) is 6.33. The molecule has 1 amide bonds. The maximum Gasteiger partial charge on any atom is 0.274 e. The van der Waals surface area contributed by atoms with Crippen LogP contribution in [0.15, 0.2) is 52.5 Å². The van der Waals surface area contributed by atoms with Crippen LogP contribution in [0.2, 0.25) is 5.02 Å². The lowest BCUT2D eigenvalue weighted by Gasteiger charge is -2.37. The molecule has 144 valence electrons. The summed E-state index contributed by atoms with van der Waals surface area (Å²) in [5.74, 6) is -0.703. The van der Waals surface area contributed by atoms with Crippen LogP contribution in [-0.4, -0.2) is 16.1 Å². The molecule has 3 N–H and O–H groups in total. The van der Waals surface area contributed by atoms with Crippen molar-refractivity contribution in [2.24, 2.45) is 16.6 Å². The van der Waals surface area contributed by atoms with Gasteiger partial charge in [0.2, 0.25) is 0 Å². The lowest BCUT2D eigenvalue weighted by molar-refractivity contribution is 0.102. The molecule has 0 bridgehead atoms. The number of anilines is 1. The number of aliphatic imine (C=N–C) groups is 1. The third kappa shape index (κ3) is 3.40. The molecule has 4 rings (SSSR count). The molecule has 0 saturated carbocycles. The Morgan fingerprint density at radius 2 is 2.21 bits per heavy atom. The molecule has 0 fully saturated rings. The summed E-state index contributed by atoms with van der Waals surface area (Å²) in [5.41, 5.74) is 6.30. The quantitative estimate of drug-likeness (QED) is 0.760. The van der Waals surface area contributed by atoms with Gasteiger partial charge >= 0.3 is 0 Å². The number of thioether (sulfide) groups is 1. The molecule has 2 heterocycles. The highest BCUT2D eigenvalue weighted by Crippen LogP contribution is 2.51. The minimum absolute atomic E-state index is 0.0724. The molecular weight excluding hydrogens is 399 g/mol. The number of benzene rings is 1. The zero-order chi connectivity index (χ0) is 19.9. The first-order valence-corrected chi connectivity index (χ1v) is 10.0. The summed E-state index contributed by atoms with van der Waals surface area (Å²) in [4.78, 5) is 22.2. The zero-order valence-electron chi connectivity index (χ0n) is 15.1. The first kappa shape index (κ1) is 19.0. The van der Waals surface area contributed by atoms with Crippen molar-refractivity contribution in [1.29, 1.82) is 0 Å². The Bertz CT molecular complexity index is 1010. The summed E-state index contributed by atoms with van der Waals surface area (Å²) in [7, 11) is 0. The van der Waals surface area contributed by atoms with Gasteiger partial charge in [0.15, 0.2) is 5.17 Å². The highest BCUT2D eigenvalue weighted by molar-refractivity contribution is 8.17. The molecule has 0 spiro atoms. The van der Waals surface area contributed by atoms with Crippen LogP contribution < -0.4 is 11.1 Å². The molecule has 2 aromatic rings. The first-order valence-electron chi connectivity index (χ1n) is 8.83. The number of carbonyl (C=O) groups excluding carboxylic acids is 1. The van der Waals surface area contributed by atoms with Crippen LogP contribution >= 0.6 is 23.4 Å². The summed E-state index contributed by atoms with van der Waals surface area (Å²) >= 11 is 7.26. The summed E-state index contributed by atoms with van der Waals surface area (Å²) in [6.45, 7) is 1.90. The molecule has 8 heteroatoms. The Labute approximate surface area is 171 Å². The molecule has 1 aliphatic carbocycles. The number of amidine groups is 1. The minimum Gasteiger partial charge on any atom is -0.378 e. The number of pyridine rings is 1. The monoisotopic (exact) mass is 416 g/mol. The molecule has 1 aliphatic heterocycles. The van der Waals surface area contributed by atoms with Crippen LogP contribution in [-0.2, 0) is 5.54 Å². The van der Waals surface area contributed by atoms with Gasteiger partial charge in [-0.25, -0.2) is 9.37 Å². The number of aromatic nitrogens is 1. The van der Waals surface area contributed by atoms with Crippen LogP contribution in [0.3, 0.4) is 0 Å². The fraction of sp³-hybridized carbons (Fsp3) is 0.250. The molecule has 0 radical (unpaired) electrons. The number of hydrogen-bond acceptors (Lipinski definition) is 5. The number of rotatable bonds is 3. The van der Waals surface area contributed by atoms with E-state index in [-0.39, 0.29) is 17.4 Å². The van der Waals surface area contributed by atoms with Gasteiger partial charge in [-0.2, -0.15) is 0 Å². The van der Waals surface area contributed by atoms with Gasteiger partial charge < -0.3 is 11.1 Å². The van der Waals surface area contributed by atoms with Crippen molar-refractivity contribution < 1.29 is 9.18 Å². The number of carbonyl (C=O) groups is 1. The minimum atomic E-state index is -0.818. The normalized spacial score (nSPS) is 23.6. The molecule has 28 heavy (non-hydrogen) atoms. The molecule has 2 aliphatic rings.